The average molecular weight is 195 g/mol. The van der Waals surface area contributed by atoms with Crippen molar-refractivity contribution in [2.75, 3.05) is 0 Å². The van der Waals surface area contributed by atoms with Crippen molar-refractivity contribution in [1.82, 2.24) is 5.32 Å². The second kappa shape index (κ2) is 4.15. The highest BCUT2D eigenvalue weighted by Gasteiger charge is 2.27. The Morgan fingerprint density at radius 2 is 2.21 bits per heavy atom. The van der Waals surface area contributed by atoms with E-state index in [-0.39, 0.29) is 6.61 Å². The van der Waals surface area contributed by atoms with Crippen LogP contribution in [0.5, 0.6) is 0 Å². The molecule has 1 fully saturated rings. The second-order valence-corrected chi connectivity index (χ2v) is 4.03. The molecule has 1 unspecified atom stereocenters. The van der Waals surface area contributed by atoms with Gasteiger partial charge in [0.25, 0.3) is 0 Å². The van der Waals surface area contributed by atoms with Gasteiger partial charge in [-0.1, -0.05) is 0 Å². The molecule has 0 aliphatic heterocycles. The summed E-state index contributed by atoms with van der Waals surface area (Å²) in [5.41, 5.74) is 0. The van der Waals surface area contributed by atoms with Gasteiger partial charge in [-0.05, 0) is 37.8 Å². The Hall–Kier alpha value is -0.800. The lowest BCUT2D eigenvalue weighted by Gasteiger charge is -2.10. The Balaban J connectivity index is 1.78. The van der Waals surface area contributed by atoms with Gasteiger partial charge in [-0.3, -0.25) is 0 Å². The molecule has 0 bridgehead atoms. The molecule has 1 aromatic rings. The predicted molar refractivity (Wildman–Crippen MR) is 53.7 cm³/mol. The molecule has 0 aromatic carbocycles. The van der Waals surface area contributed by atoms with E-state index >= 15 is 0 Å². The van der Waals surface area contributed by atoms with Crippen molar-refractivity contribution in [3.63, 3.8) is 0 Å². The minimum Gasteiger partial charge on any atom is -0.462 e. The summed E-state index contributed by atoms with van der Waals surface area (Å²) in [5, 5.41) is 12.2. The van der Waals surface area contributed by atoms with Gasteiger partial charge in [0.1, 0.15) is 18.1 Å². The van der Waals surface area contributed by atoms with Crippen LogP contribution >= 0.6 is 0 Å². The zero-order valence-corrected chi connectivity index (χ0v) is 8.49. The van der Waals surface area contributed by atoms with Crippen LogP contribution in [0, 0.1) is 5.92 Å². The maximum atomic E-state index is 8.81. The highest BCUT2D eigenvalue weighted by molar-refractivity contribution is 5.06. The van der Waals surface area contributed by atoms with Gasteiger partial charge in [-0.2, -0.15) is 0 Å². The minimum absolute atomic E-state index is 0.0157. The largest absolute Gasteiger partial charge is 0.462 e. The van der Waals surface area contributed by atoms with Crippen molar-refractivity contribution in [2.24, 2.45) is 5.92 Å². The van der Waals surface area contributed by atoms with Crippen molar-refractivity contribution in [3.8, 4) is 0 Å². The molecule has 0 amide bonds. The van der Waals surface area contributed by atoms with Crippen LogP contribution in [0.25, 0.3) is 0 Å². The number of aliphatic hydroxyl groups is 1. The highest BCUT2D eigenvalue weighted by Crippen LogP contribution is 2.32. The zero-order chi connectivity index (χ0) is 9.97. The van der Waals surface area contributed by atoms with E-state index in [1.807, 2.05) is 12.1 Å². The first-order valence-corrected chi connectivity index (χ1v) is 5.21. The van der Waals surface area contributed by atoms with Crippen molar-refractivity contribution >= 4 is 0 Å². The van der Waals surface area contributed by atoms with Gasteiger partial charge in [0.2, 0.25) is 0 Å². The monoisotopic (exact) mass is 195 g/mol. The van der Waals surface area contributed by atoms with Crippen LogP contribution in [0.2, 0.25) is 0 Å². The van der Waals surface area contributed by atoms with Crippen LogP contribution in [0.1, 0.15) is 31.3 Å². The molecule has 78 valence electrons. The Morgan fingerprint density at radius 3 is 2.79 bits per heavy atom. The third-order valence-corrected chi connectivity index (χ3v) is 2.80. The van der Waals surface area contributed by atoms with Gasteiger partial charge in [-0.25, -0.2) is 0 Å². The molecule has 0 saturated heterocycles. The van der Waals surface area contributed by atoms with Crippen LogP contribution in [0.4, 0.5) is 0 Å². The number of nitrogens with one attached hydrogen (secondary N) is 1. The van der Waals surface area contributed by atoms with Gasteiger partial charge in [0.15, 0.2) is 0 Å². The van der Waals surface area contributed by atoms with Crippen molar-refractivity contribution in [3.05, 3.63) is 23.7 Å². The lowest BCUT2D eigenvalue weighted by Crippen LogP contribution is -2.26. The van der Waals surface area contributed by atoms with Gasteiger partial charge < -0.3 is 14.8 Å². The molecule has 1 saturated carbocycles. The molecular formula is C11H17NO2. The Kier molecular flexibility index (Phi) is 2.89. The quantitative estimate of drug-likeness (QED) is 0.751. The van der Waals surface area contributed by atoms with Crippen LogP contribution in [0.15, 0.2) is 16.5 Å². The number of hydrogen-bond acceptors (Lipinski definition) is 3. The van der Waals surface area contributed by atoms with E-state index in [0.717, 1.165) is 18.2 Å². The first-order valence-electron chi connectivity index (χ1n) is 5.21. The van der Waals surface area contributed by atoms with Crippen LogP contribution < -0.4 is 5.32 Å². The summed E-state index contributed by atoms with van der Waals surface area (Å²) < 4.78 is 5.37. The summed E-state index contributed by atoms with van der Waals surface area (Å²) in [6.45, 7) is 2.96. The lowest BCUT2D eigenvalue weighted by molar-refractivity contribution is 0.242. The third kappa shape index (κ3) is 2.36. The molecule has 1 heterocycles. The molecule has 1 atom stereocenters. The Bertz CT molecular complexity index is 291. The maximum absolute atomic E-state index is 8.81. The first-order chi connectivity index (χ1) is 6.79. The molecule has 0 radical (unpaired) electrons. The second-order valence-electron chi connectivity index (χ2n) is 4.03. The summed E-state index contributed by atoms with van der Waals surface area (Å²) in [6.07, 6.45) is 2.71. The van der Waals surface area contributed by atoms with Crippen LogP contribution in [-0.2, 0) is 13.2 Å². The number of aliphatic hydroxyl groups excluding tert-OH is 1. The van der Waals surface area contributed by atoms with Crippen molar-refractivity contribution in [2.45, 2.75) is 39.0 Å². The van der Waals surface area contributed by atoms with E-state index in [0.29, 0.717) is 11.8 Å². The number of rotatable bonds is 5. The predicted octanol–water partition coefficient (Wildman–Crippen LogP) is 1.66. The molecule has 2 N–H and O–H groups in total. The van der Waals surface area contributed by atoms with Crippen molar-refractivity contribution in [1.29, 1.82) is 0 Å². The molecule has 1 aliphatic carbocycles. The first kappa shape index (κ1) is 9.74. The standard InChI is InChI=1S/C11H17NO2/c1-8(9-2-3-9)12-6-10-4-5-11(7-13)14-10/h4-5,8-9,12-13H,2-3,6-7H2,1H3. The van der Waals surface area contributed by atoms with Gasteiger partial charge in [0.05, 0.1) is 6.54 Å². The normalized spacial score (nSPS) is 18.4. The van der Waals surface area contributed by atoms with Gasteiger partial charge in [-0.15, -0.1) is 0 Å². The summed E-state index contributed by atoms with van der Waals surface area (Å²) in [4.78, 5) is 0. The molecule has 14 heavy (non-hydrogen) atoms. The summed E-state index contributed by atoms with van der Waals surface area (Å²) in [7, 11) is 0. The van der Waals surface area contributed by atoms with Crippen LogP contribution in [-0.4, -0.2) is 11.1 Å². The maximum Gasteiger partial charge on any atom is 0.129 e. The third-order valence-electron chi connectivity index (χ3n) is 2.80. The molecule has 0 spiro atoms. The summed E-state index contributed by atoms with van der Waals surface area (Å²) in [6, 6.07) is 4.31. The minimum atomic E-state index is -0.0157. The zero-order valence-electron chi connectivity index (χ0n) is 8.49. The van der Waals surface area contributed by atoms with E-state index in [9.17, 15) is 0 Å². The smallest absolute Gasteiger partial charge is 0.129 e. The fourth-order valence-electron chi connectivity index (χ4n) is 1.63. The SMILES string of the molecule is CC(NCc1ccc(CO)o1)C1CC1. The summed E-state index contributed by atoms with van der Waals surface area (Å²) >= 11 is 0. The molecule has 2 rings (SSSR count). The van der Waals surface area contributed by atoms with Crippen molar-refractivity contribution < 1.29 is 9.52 Å². The summed E-state index contributed by atoms with van der Waals surface area (Å²) in [5.74, 6) is 2.41. The van der Waals surface area contributed by atoms with E-state index in [4.69, 9.17) is 9.52 Å². The lowest BCUT2D eigenvalue weighted by atomic mass is 10.2. The Labute approximate surface area is 84.1 Å². The fraction of sp³-hybridized carbons (Fsp3) is 0.636. The average Bonchev–Trinajstić information content (AvgIpc) is 2.94. The topological polar surface area (TPSA) is 45.4 Å². The van der Waals surface area contributed by atoms with Crippen LogP contribution in [0.3, 0.4) is 0 Å². The fourth-order valence-corrected chi connectivity index (χ4v) is 1.63. The molecular weight excluding hydrogens is 178 g/mol. The van der Waals surface area contributed by atoms with Gasteiger partial charge >= 0.3 is 0 Å². The van der Waals surface area contributed by atoms with E-state index < -0.39 is 0 Å². The highest BCUT2D eigenvalue weighted by atomic mass is 16.4. The van der Waals surface area contributed by atoms with E-state index in [2.05, 4.69) is 12.2 Å². The molecule has 1 aliphatic rings. The Morgan fingerprint density at radius 1 is 1.50 bits per heavy atom. The van der Waals surface area contributed by atoms with Gasteiger partial charge in [0, 0.05) is 6.04 Å². The molecule has 1 aromatic heterocycles. The number of furan rings is 1. The molecule has 3 heteroatoms. The molecule has 3 nitrogen and oxygen atoms in total. The van der Waals surface area contributed by atoms with E-state index in [1.165, 1.54) is 12.8 Å². The number of hydrogen-bond donors (Lipinski definition) is 2. The van der Waals surface area contributed by atoms with E-state index in [1.54, 1.807) is 0 Å².